The van der Waals surface area contributed by atoms with E-state index in [1.54, 1.807) is 4.90 Å². The van der Waals surface area contributed by atoms with E-state index in [-0.39, 0.29) is 17.8 Å². The highest BCUT2D eigenvalue weighted by molar-refractivity contribution is 6.08. The van der Waals surface area contributed by atoms with E-state index < -0.39 is 0 Å². The molecule has 108 valence electrons. The molecule has 0 bridgehead atoms. The summed E-state index contributed by atoms with van der Waals surface area (Å²) in [5.41, 5.74) is 6.36. The van der Waals surface area contributed by atoms with Crippen LogP contribution < -0.4 is 5.73 Å². The summed E-state index contributed by atoms with van der Waals surface area (Å²) in [6.07, 6.45) is 1.59. The maximum absolute atomic E-state index is 12.8. The molecule has 2 aromatic carbocycles. The van der Waals surface area contributed by atoms with E-state index in [9.17, 15) is 4.79 Å². The average Bonchev–Trinajstić information content (AvgIpc) is 3.02. The number of nitrogens with two attached hydrogens (primary N) is 1. The standard InChI is InChI=1S/C16H17N3O2/c17-15(18-21)14-9-4-10-19(14)16(20)13-8-3-6-11-5-1-2-7-12(11)13/h1-3,5-8,14,21H,4,9-10H2,(H2,17,18). The number of hydrogen-bond acceptors (Lipinski definition) is 3. The van der Waals surface area contributed by atoms with Crippen LogP contribution in [0, 0.1) is 0 Å². The van der Waals surface area contributed by atoms with Gasteiger partial charge in [0, 0.05) is 12.1 Å². The summed E-state index contributed by atoms with van der Waals surface area (Å²) in [6, 6.07) is 13.2. The van der Waals surface area contributed by atoms with Crippen molar-refractivity contribution >= 4 is 22.5 Å². The lowest BCUT2D eigenvalue weighted by Crippen LogP contribution is -2.43. The van der Waals surface area contributed by atoms with Gasteiger partial charge in [-0.3, -0.25) is 4.79 Å². The first-order valence-corrected chi connectivity index (χ1v) is 6.98. The van der Waals surface area contributed by atoms with E-state index in [0.717, 1.165) is 23.6 Å². The molecule has 1 unspecified atom stereocenters. The quantitative estimate of drug-likeness (QED) is 0.384. The van der Waals surface area contributed by atoms with Crippen LogP contribution in [0.15, 0.2) is 47.6 Å². The monoisotopic (exact) mass is 283 g/mol. The van der Waals surface area contributed by atoms with Gasteiger partial charge in [-0.15, -0.1) is 0 Å². The second-order valence-electron chi connectivity index (χ2n) is 5.21. The third-order valence-corrected chi connectivity index (χ3v) is 3.99. The Morgan fingerprint density at radius 3 is 2.81 bits per heavy atom. The Morgan fingerprint density at radius 1 is 1.24 bits per heavy atom. The highest BCUT2D eigenvalue weighted by atomic mass is 16.4. The number of likely N-dealkylation sites (tertiary alicyclic amines) is 1. The van der Waals surface area contributed by atoms with Crippen LogP contribution in [0.5, 0.6) is 0 Å². The highest BCUT2D eigenvalue weighted by Gasteiger charge is 2.32. The molecule has 0 radical (unpaired) electrons. The molecule has 0 spiro atoms. The number of amides is 1. The van der Waals surface area contributed by atoms with E-state index in [0.29, 0.717) is 12.1 Å². The van der Waals surface area contributed by atoms with E-state index in [1.807, 2.05) is 42.5 Å². The minimum atomic E-state index is -0.318. The molecule has 1 aliphatic heterocycles. The smallest absolute Gasteiger partial charge is 0.255 e. The summed E-state index contributed by atoms with van der Waals surface area (Å²) in [6.45, 7) is 0.628. The lowest BCUT2D eigenvalue weighted by atomic mass is 10.0. The minimum absolute atomic E-state index is 0.0686. The molecule has 21 heavy (non-hydrogen) atoms. The van der Waals surface area contributed by atoms with Gasteiger partial charge in [0.2, 0.25) is 0 Å². The zero-order chi connectivity index (χ0) is 14.8. The summed E-state index contributed by atoms with van der Waals surface area (Å²) in [7, 11) is 0. The Labute approximate surface area is 122 Å². The first-order valence-electron chi connectivity index (χ1n) is 6.98. The van der Waals surface area contributed by atoms with Gasteiger partial charge in [0.15, 0.2) is 5.84 Å². The molecule has 1 aliphatic rings. The van der Waals surface area contributed by atoms with Crippen LogP contribution >= 0.6 is 0 Å². The fourth-order valence-electron chi connectivity index (χ4n) is 2.95. The minimum Gasteiger partial charge on any atom is -0.409 e. The van der Waals surface area contributed by atoms with Crippen molar-refractivity contribution in [2.45, 2.75) is 18.9 Å². The van der Waals surface area contributed by atoms with Crippen molar-refractivity contribution in [3.05, 3.63) is 48.0 Å². The summed E-state index contributed by atoms with van der Waals surface area (Å²) in [4.78, 5) is 14.5. The Hall–Kier alpha value is -2.56. The predicted octanol–water partition coefficient (Wildman–Crippen LogP) is 2.19. The first kappa shape index (κ1) is 13.4. The topological polar surface area (TPSA) is 78.9 Å². The third-order valence-electron chi connectivity index (χ3n) is 3.99. The SMILES string of the molecule is NC(=NO)C1CCCN1C(=O)c1cccc2ccccc12. The third kappa shape index (κ3) is 2.31. The van der Waals surface area contributed by atoms with Crippen LogP contribution in [0.25, 0.3) is 10.8 Å². The molecule has 1 heterocycles. The molecule has 5 heteroatoms. The van der Waals surface area contributed by atoms with E-state index in [4.69, 9.17) is 10.9 Å². The molecular formula is C16H17N3O2. The molecule has 1 fully saturated rings. The molecule has 0 aliphatic carbocycles. The van der Waals surface area contributed by atoms with Crippen molar-refractivity contribution < 1.29 is 10.0 Å². The van der Waals surface area contributed by atoms with Gasteiger partial charge in [-0.25, -0.2) is 0 Å². The van der Waals surface area contributed by atoms with Crippen LogP contribution in [0.4, 0.5) is 0 Å². The number of hydrogen-bond donors (Lipinski definition) is 2. The van der Waals surface area contributed by atoms with Crippen molar-refractivity contribution in [3.63, 3.8) is 0 Å². The number of carbonyl (C=O) groups excluding carboxylic acids is 1. The van der Waals surface area contributed by atoms with Crippen LogP contribution in [-0.2, 0) is 0 Å². The molecular weight excluding hydrogens is 266 g/mol. The Kier molecular flexibility index (Phi) is 3.48. The van der Waals surface area contributed by atoms with Crippen molar-refractivity contribution in [1.29, 1.82) is 0 Å². The lowest BCUT2D eigenvalue weighted by Gasteiger charge is -2.24. The number of amidine groups is 1. The van der Waals surface area contributed by atoms with Gasteiger partial charge < -0.3 is 15.8 Å². The van der Waals surface area contributed by atoms with E-state index in [1.165, 1.54) is 0 Å². The molecule has 1 amide bonds. The molecule has 3 N–H and O–H groups in total. The molecule has 3 rings (SSSR count). The second-order valence-corrected chi connectivity index (χ2v) is 5.21. The van der Waals surface area contributed by atoms with Gasteiger partial charge in [0.05, 0.1) is 6.04 Å². The number of fused-ring (bicyclic) bond motifs is 1. The van der Waals surface area contributed by atoms with Crippen molar-refractivity contribution in [1.82, 2.24) is 4.90 Å². The Balaban J connectivity index is 2.01. The maximum atomic E-state index is 12.8. The fourth-order valence-corrected chi connectivity index (χ4v) is 2.95. The summed E-state index contributed by atoms with van der Waals surface area (Å²) >= 11 is 0. The lowest BCUT2D eigenvalue weighted by molar-refractivity contribution is 0.0770. The van der Waals surface area contributed by atoms with Crippen LogP contribution in [0.2, 0.25) is 0 Å². The molecule has 5 nitrogen and oxygen atoms in total. The Bertz CT molecular complexity index is 706. The average molecular weight is 283 g/mol. The van der Waals surface area contributed by atoms with E-state index in [2.05, 4.69) is 5.16 Å². The molecule has 0 saturated carbocycles. The second kappa shape index (κ2) is 5.44. The van der Waals surface area contributed by atoms with Gasteiger partial charge in [-0.2, -0.15) is 0 Å². The van der Waals surface area contributed by atoms with Crippen molar-refractivity contribution in [3.8, 4) is 0 Å². The van der Waals surface area contributed by atoms with Gasteiger partial charge in [0.1, 0.15) is 0 Å². The number of benzene rings is 2. The largest absolute Gasteiger partial charge is 0.409 e. The molecule has 0 aromatic heterocycles. The molecule has 2 aromatic rings. The number of carbonyl (C=O) groups is 1. The van der Waals surface area contributed by atoms with Crippen molar-refractivity contribution in [2.24, 2.45) is 10.9 Å². The number of oxime groups is 1. The maximum Gasteiger partial charge on any atom is 0.255 e. The predicted molar refractivity (Wildman–Crippen MR) is 81.4 cm³/mol. The fraction of sp³-hybridized carbons (Fsp3) is 0.250. The van der Waals surface area contributed by atoms with Gasteiger partial charge in [-0.05, 0) is 29.7 Å². The number of nitrogens with zero attached hydrogens (tertiary/aromatic N) is 2. The first-order chi connectivity index (χ1) is 10.2. The summed E-state index contributed by atoms with van der Waals surface area (Å²) in [5, 5.41) is 13.9. The summed E-state index contributed by atoms with van der Waals surface area (Å²) in [5.74, 6) is 0.0296. The van der Waals surface area contributed by atoms with Gasteiger partial charge >= 0.3 is 0 Å². The zero-order valence-electron chi connectivity index (χ0n) is 11.6. The Morgan fingerprint density at radius 2 is 2.00 bits per heavy atom. The van der Waals surface area contributed by atoms with Gasteiger partial charge in [-0.1, -0.05) is 41.6 Å². The normalized spacial score (nSPS) is 19.1. The van der Waals surface area contributed by atoms with Crippen LogP contribution in [0.3, 0.4) is 0 Å². The zero-order valence-corrected chi connectivity index (χ0v) is 11.6. The van der Waals surface area contributed by atoms with Gasteiger partial charge in [0.25, 0.3) is 5.91 Å². The van der Waals surface area contributed by atoms with Crippen molar-refractivity contribution in [2.75, 3.05) is 6.54 Å². The molecule has 1 atom stereocenters. The highest BCUT2D eigenvalue weighted by Crippen LogP contribution is 2.24. The van der Waals surface area contributed by atoms with E-state index >= 15 is 0 Å². The number of rotatable bonds is 2. The molecule has 1 saturated heterocycles. The van der Waals surface area contributed by atoms with Crippen LogP contribution in [0.1, 0.15) is 23.2 Å². The summed E-state index contributed by atoms with van der Waals surface area (Å²) < 4.78 is 0. The van der Waals surface area contributed by atoms with Crippen LogP contribution in [-0.4, -0.2) is 34.4 Å².